The number of aliphatic carboxylic acids is 3. The van der Waals surface area contributed by atoms with Crippen molar-refractivity contribution in [1.82, 2.24) is 73.8 Å². The summed E-state index contributed by atoms with van der Waals surface area (Å²) in [7, 11) is -10.9. The van der Waals surface area contributed by atoms with E-state index < -0.39 is 81.3 Å². The van der Waals surface area contributed by atoms with Crippen LogP contribution in [0.25, 0.3) is 33.5 Å². The first kappa shape index (κ1) is 94.1. The van der Waals surface area contributed by atoms with Gasteiger partial charge in [0.05, 0.1) is 56.9 Å². The molecule has 117 heavy (non-hydrogen) atoms. The van der Waals surface area contributed by atoms with Crippen molar-refractivity contribution in [2.24, 2.45) is 0 Å². The number of imidazole rings is 3. The summed E-state index contributed by atoms with van der Waals surface area (Å²) in [5.41, 5.74) is 20.8. The maximum absolute atomic E-state index is 13.7. The zero-order valence-corrected chi connectivity index (χ0v) is 69.5. The van der Waals surface area contributed by atoms with E-state index in [4.69, 9.17) is 97.7 Å². The van der Waals surface area contributed by atoms with Crippen LogP contribution in [0.5, 0.6) is 17.2 Å². The zero-order valence-electron chi connectivity index (χ0n) is 64.5. The van der Waals surface area contributed by atoms with Crippen LogP contribution in [0.3, 0.4) is 0 Å². The summed E-state index contributed by atoms with van der Waals surface area (Å²) in [6.07, 6.45) is 16.2. The van der Waals surface area contributed by atoms with Crippen molar-refractivity contribution in [1.29, 1.82) is 0 Å². The van der Waals surface area contributed by atoms with Gasteiger partial charge in [-0.1, -0.05) is 77.8 Å². The number of alkyl halides is 2. The van der Waals surface area contributed by atoms with E-state index >= 15 is 0 Å². The number of carbonyl (C=O) groups excluding carboxylic acids is 3. The highest BCUT2D eigenvalue weighted by atomic mass is 35.5. The third kappa shape index (κ3) is 30.5. The fraction of sp³-hybridized carbons (Fsp3) is 0.431. The van der Waals surface area contributed by atoms with Gasteiger partial charge in [-0.15, -0.1) is 12.4 Å². The number of nitrogen functional groups attached to an aromatic ring is 3. The summed E-state index contributed by atoms with van der Waals surface area (Å²) in [6, 6.07) is 23.8. The second kappa shape index (κ2) is 45.6. The van der Waals surface area contributed by atoms with Gasteiger partial charge < -0.3 is 88.2 Å². The molecule has 3 saturated carbocycles. The summed E-state index contributed by atoms with van der Waals surface area (Å²) in [5.74, 6) is -3.01. The number of hydrogen-bond donors (Lipinski definition) is 9. The standard InChI is InChI=1S/3C22H29N6O5P.C4H4O4.C2H2Cl2O2.ClH/c3*1-15(11-28-13-26-19-20(23)24-12-25-21(19)28)31-14-34(30,33-18-7-4-3-5-8-18)27-16(2)22(29)32-17-9-6-10-17;5-3(6)1-2-4(7)8;3-1(4)2(5)6;/h3*3-5,7-8,12-13,15-17H,6,9-11,14H2,1-2H3,(H,27,30)(H2,23,24,25);1-2H,(H,5,6)(H,7,8);1H,(H,5,6);1H/b;;;2-1+;;/t3*15-,16+,34+;;;/m111.../s1. The second-order valence-corrected chi connectivity index (χ2v) is 33.9. The molecule has 9 atom stereocenters. The lowest BCUT2D eigenvalue weighted by atomic mass is 9.96. The van der Waals surface area contributed by atoms with E-state index in [0.29, 0.717) is 100.0 Å². The average Bonchev–Trinajstić information content (AvgIpc) is 1.65. The Hall–Kier alpha value is -10.0. The molecule has 0 unspecified atom stereocenters. The molecule has 3 fully saturated rings. The van der Waals surface area contributed by atoms with Gasteiger partial charge >= 0.3 is 58.4 Å². The van der Waals surface area contributed by atoms with Crippen LogP contribution >= 0.6 is 58.2 Å². The summed E-state index contributed by atoms with van der Waals surface area (Å²) in [5, 5.41) is 31.8. The Bertz CT molecular complexity index is 4450. The van der Waals surface area contributed by atoms with E-state index in [1.54, 1.807) is 126 Å². The smallest absolute Gasteiger partial charge is 0.342 e. The Labute approximate surface area is 688 Å². The molecule has 0 radical (unpaired) electrons. The average molecular weight is 1750 g/mol. The number of nitrogens with one attached hydrogen (secondary N) is 3. The predicted octanol–water partition coefficient (Wildman–Crippen LogP) is 10.4. The van der Waals surface area contributed by atoms with Gasteiger partial charge in [0, 0.05) is 12.2 Å². The van der Waals surface area contributed by atoms with Crippen LogP contribution in [0.2, 0.25) is 0 Å². The number of hydrogen-bond acceptors (Lipinski definition) is 30. The van der Waals surface area contributed by atoms with E-state index in [0.717, 1.165) is 57.8 Å². The molecule has 3 aliphatic rings. The molecule has 39 nitrogen and oxygen atoms in total. The van der Waals surface area contributed by atoms with Crippen LogP contribution < -0.4 is 46.0 Å². The third-order valence-electron chi connectivity index (χ3n) is 17.0. The number of esters is 3. The van der Waals surface area contributed by atoms with Crippen LogP contribution in [0.4, 0.5) is 17.5 Å². The highest BCUT2D eigenvalue weighted by molar-refractivity contribution is 7.57. The predicted molar refractivity (Wildman–Crippen MR) is 433 cm³/mol. The van der Waals surface area contributed by atoms with Crippen LogP contribution in [0.1, 0.15) is 99.3 Å². The molecule has 6 aromatic heterocycles. The minimum absolute atomic E-state index is 0. The third-order valence-corrected chi connectivity index (χ3v) is 22.7. The molecule has 9 aromatic rings. The molecule has 3 aromatic carbocycles. The first-order valence-electron chi connectivity index (χ1n) is 36.5. The maximum atomic E-state index is 13.7. The van der Waals surface area contributed by atoms with Crippen molar-refractivity contribution in [2.75, 3.05) is 36.2 Å². The van der Waals surface area contributed by atoms with Gasteiger partial charge in [0.1, 0.15) is 108 Å². The number of aromatic nitrogens is 12. The van der Waals surface area contributed by atoms with Crippen LogP contribution in [-0.2, 0) is 90.5 Å². The number of carboxylic acids is 3. The number of rotatable bonds is 36. The van der Waals surface area contributed by atoms with E-state index in [1.165, 1.54) is 19.0 Å². The first-order valence-corrected chi connectivity index (χ1v) is 42.8. The first-order chi connectivity index (χ1) is 55.2. The lowest BCUT2D eigenvalue weighted by molar-refractivity contribution is -0.155. The minimum atomic E-state index is -3.63. The number of ether oxygens (including phenoxy) is 6. The molecule has 0 aliphatic heterocycles. The number of nitrogens with zero attached hydrogens (tertiary/aromatic N) is 12. The quantitative estimate of drug-likeness (QED) is 0.00579. The van der Waals surface area contributed by atoms with Crippen LogP contribution in [0.15, 0.2) is 141 Å². The largest absolute Gasteiger partial charge is 0.479 e. The summed E-state index contributed by atoms with van der Waals surface area (Å²) in [6.45, 7) is 11.5. The van der Waals surface area contributed by atoms with E-state index in [9.17, 15) is 42.5 Å². The molecule has 12 rings (SSSR count). The van der Waals surface area contributed by atoms with Crippen LogP contribution in [-0.4, -0.2) is 188 Å². The molecule has 0 bridgehead atoms. The van der Waals surface area contributed by atoms with Gasteiger partial charge in [-0.3, -0.25) is 28.1 Å². The van der Waals surface area contributed by atoms with Crippen molar-refractivity contribution in [2.45, 2.75) is 179 Å². The van der Waals surface area contributed by atoms with Crippen LogP contribution in [0, 0.1) is 0 Å². The molecular weight excluding hydrogens is 1650 g/mol. The Morgan fingerprint density at radius 3 is 0.906 bits per heavy atom. The van der Waals surface area contributed by atoms with E-state index in [-0.39, 0.29) is 68.1 Å². The topological polar surface area (TPSA) is 542 Å². The number of anilines is 3. The number of halogens is 3. The van der Waals surface area contributed by atoms with Gasteiger partial charge in [0.2, 0.25) is 4.84 Å². The van der Waals surface area contributed by atoms with Gasteiger partial charge in [0.15, 0.2) is 34.4 Å². The normalized spacial score (nSPS) is 16.4. The molecule has 634 valence electrons. The molecule has 0 saturated heterocycles. The number of para-hydroxylation sites is 3. The Balaban J connectivity index is 0.000000222. The maximum Gasteiger partial charge on any atom is 0.342 e. The lowest BCUT2D eigenvalue weighted by Gasteiger charge is -2.28. The SMILES string of the molecule is C[C@H](Cn1cnc2c(N)ncnc21)OC[P@@](=O)(N[C@@H](C)C(=O)OC1CCC1)Oc1ccccc1.C[C@H](Cn1cnc2c(N)ncnc21)OC[P@@](=O)(N[C@@H](C)C(=O)OC1CCC1)Oc1ccccc1.C[C@H](Cn1cnc2c(N)ncnc21)OC[P@@](=O)(N[C@@H](C)C(=O)OC1CCC1)Oc1ccccc1.Cl.O=C(O)/C=C/C(=O)O.O=C(O)C(Cl)Cl. The molecule has 45 heteroatoms. The Kier molecular flexibility index (Phi) is 36.7. The highest BCUT2D eigenvalue weighted by Crippen LogP contribution is 2.47. The number of carboxylic acid groups (broad SMARTS) is 3. The molecular formula is C72H94Cl3N18O21P3. The molecule has 12 N–H and O–H groups in total. The highest BCUT2D eigenvalue weighted by Gasteiger charge is 2.37. The van der Waals surface area contributed by atoms with Crippen molar-refractivity contribution >= 4 is 145 Å². The number of carbonyl (C=O) groups is 6. The number of fused-ring (bicyclic) bond motifs is 3. The minimum Gasteiger partial charge on any atom is -0.479 e. The van der Waals surface area contributed by atoms with Crippen molar-refractivity contribution in [3.05, 3.63) is 141 Å². The monoisotopic (exact) mass is 1740 g/mol. The van der Waals surface area contributed by atoms with Gasteiger partial charge in [-0.2, -0.15) is 0 Å². The summed E-state index contributed by atoms with van der Waals surface area (Å²) in [4.78, 5) is 102. The fourth-order valence-corrected chi connectivity index (χ4v) is 15.8. The van der Waals surface area contributed by atoms with Crippen molar-refractivity contribution in [3.63, 3.8) is 0 Å². The van der Waals surface area contributed by atoms with Crippen molar-refractivity contribution in [3.8, 4) is 17.2 Å². The number of benzene rings is 3. The molecule has 0 amide bonds. The Morgan fingerprint density at radius 2 is 0.692 bits per heavy atom. The lowest BCUT2D eigenvalue weighted by Crippen LogP contribution is -2.39. The van der Waals surface area contributed by atoms with E-state index in [2.05, 4.69) is 60.1 Å². The molecule has 3 aliphatic carbocycles. The van der Waals surface area contributed by atoms with Gasteiger partial charge in [-0.25, -0.2) is 74.5 Å². The van der Waals surface area contributed by atoms with Gasteiger partial charge in [0.25, 0.3) is 0 Å². The summed E-state index contributed by atoms with van der Waals surface area (Å²) < 4.78 is 97.9. The second-order valence-electron chi connectivity index (χ2n) is 26.7. The zero-order chi connectivity index (χ0) is 84.1. The van der Waals surface area contributed by atoms with E-state index in [1.807, 2.05) is 39.0 Å². The summed E-state index contributed by atoms with van der Waals surface area (Å²) >= 11 is 9.56. The van der Waals surface area contributed by atoms with Crippen molar-refractivity contribution < 1.29 is 99.8 Å². The molecule has 6 heterocycles. The Morgan fingerprint density at radius 1 is 0.444 bits per heavy atom. The molecule has 0 spiro atoms. The van der Waals surface area contributed by atoms with Gasteiger partial charge in [-0.05, 0) is 136 Å². The fourth-order valence-electron chi connectivity index (χ4n) is 10.4. The number of nitrogens with two attached hydrogens (primary N) is 3.